The van der Waals surface area contributed by atoms with E-state index in [0.29, 0.717) is 0 Å². The van der Waals surface area contributed by atoms with Crippen molar-refractivity contribution in [3.05, 3.63) is 35.4 Å². The first-order valence-corrected chi connectivity index (χ1v) is 8.31. The van der Waals surface area contributed by atoms with Gasteiger partial charge in [-0.05, 0) is 47.8 Å². The van der Waals surface area contributed by atoms with Crippen LogP contribution in [0.15, 0.2) is 24.3 Å². The van der Waals surface area contributed by atoms with Crippen molar-refractivity contribution in [2.75, 3.05) is 6.54 Å². The zero-order valence-corrected chi connectivity index (χ0v) is 13.9. The van der Waals surface area contributed by atoms with Crippen LogP contribution in [0.3, 0.4) is 0 Å². The summed E-state index contributed by atoms with van der Waals surface area (Å²) < 4.78 is 0. The SMILES string of the molecule is CCCNC1CC(c2ccc(C(C)(C)C)cc2)C1CC. The highest BCUT2D eigenvalue weighted by molar-refractivity contribution is 5.31. The topological polar surface area (TPSA) is 12.0 Å². The Morgan fingerprint density at radius 3 is 2.25 bits per heavy atom. The molecule has 0 bridgehead atoms. The Balaban J connectivity index is 2.02. The van der Waals surface area contributed by atoms with Gasteiger partial charge in [0, 0.05) is 6.04 Å². The van der Waals surface area contributed by atoms with Crippen LogP contribution in [0.1, 0.15) is 70.9 Å². The van der Waals surface area contributed by atoms with E-state index in [0.717, 1.165) is 24.4 Å². The summed E-state index contributed by atoms with van der Waals surface area (Å²) in [5, 5.41) is 3.71. The van der Waals surface area contributed by atoms with Gasteiger partial charge in [0.15, 0.2) is 0 Å². The minimum atomic E-state index is 0.257. The Labute approximate surface area is 125 Å². The molecule has 20 heavy (non-hydrogen) atoms. The molecule has 1 heteroatoms. The molecule has 0 aromatic heterocycles. The monoisotopic (exact) mass is 273 g/mol. The van der Waals surface area contributed by atoms with Gasteiger partial charge in [0.25, 0.3) is 0 Å². The molecule has 0 saturated heterocycles. The van der Waals surface area contributed by atoms with Gasteiger partial charge >= 0.3 is 0 Å². The molecule has 1 aliphatic carbocycles. The van der Waals surface area contributed by atoms with Gasteiger partial charge in [-0.15, -0.1) is 0 Å². The van der Waals surface area contributed by atoms with Crippen LogP contribution >= 0.6 is 0 Å². The Hall–Kier alpha value is -0.820. The van der Waals surface area contributed by atoms with E-state index in [1.165, 1.54) is 24.8 Å². The molecule has 0 radical (unpaired) electrons. The van der Waals surface area contributed by atoms with Crippen LogP contribution in [0.2, 0.25) is 0 Å². The van der Waals surface area contributed by atoms with E-state index in [1.54, 1.807) is 5.56 Å². The van der Waals surface area contributed by atoms with Crippen molar-refractivity contribution >= 4 is 0 Å². The molecule has 1 aromatic rings. The summed E-state index contributed by atoms with van der Waals surface area (Å²) in [6.07, 6.45) is 3.83. The highest BCUT2D eigenvalue weighted by Crippen LogP contribution is 2.44. The average Bonchev–Trinajstić information content (AvgIpc) is 2.37. The summed E-state index contributed by atoms with van der Waals surface area (Å²) in [5.74, 6) is 1.59. The quantitative estimate of drug-likeness (QED) is 0.807. The van der Waals surface area contributed by atoms with Crippen LogP contribution in [0.25, 0.3) is 0 Å². The van der Waals surface area contributed by atoms with Crippen molar-refractivity contribution in [1.29, 1.82) is 0 Å². The highest BCUT2D eigenvalue weighted by Gasteiger charge is 2.39. The predicted molar refractivity (Wildman–Crippen MR) is 88.4 cm³/mol. The third kappa shape index (κ3) is 3.25. The first kappa shape index (κ1) is 15.6. The summed E-state index contributed by atoms with van der Waals surface area (Å²) in [6.45, 7) is 12.6. The lowest BCUT2D eigenvalue weighted by atomic mass is 9.64. The lowest BCUT2D eigenvalue weighted by Gasteiger charge is -2.45. The standard InChI is InChI=1S/C19H31N/c1-6-12-20-18-13-17(16(18)7-2)14-8-10-15(11-9-14)19(3,4)5/h8-11,16-18,20H,6-7,12-13H2,1-5H3. The van der Waals surface area contributed by atoms with Gasteiger partial charge in [0.1, 0.15) is 0 Å². The number of benzene rings is 1. The van der Waals surface area contributed by atoms with Gasteiger partial charge < -0.3 is 5.32 Å². The van der Waals surface area contributed by atoms with Gasteiger partial charge in [-0.2, -0.15) is 0 Å². The van der Waals surface area contributed by atoms with Crippen molar-refractivity contribution in [3.8, 4) is 0 Å². The minimum absolute atomic E-state index is 0.257. The zero-order chi connectivity index (χ0) is 14.8. The predicted octanol–water partition coefficient (Wildman–Crippen LogP) is 4.87. The van der Waals surface area contributed by atoms with E-state index in [2.05, 4.69) is 64.2 Å². The molecule has 1 nitrogen and oxygen atoms in total. The molecule has 112 valence electrons. The number of hydrogen-bond acceptors (Lipinski definition) is 1. The molecule has 2 rings (SSSR count). The summed E-state index contributed by atoms with van der Waals surface area (Å²) in [4.78, 5) is 0. The van der Waals surface area contributed by atoms with Gasteiger partial charge in [0.05, 0.1) is 0 Å². The molecule has 1 aromatic carbocycles. The fourth-order valence-electron chi connectivity index (χ4n) is 3.45. The van der Waals surface area contributed by atoms with Gasteiger partial charge in [-0.1, -0.05) is 65.3 Å². The maximum Gasteiger partial charge on any atom is 0.0107 e. The lowest BCUT2D eigenvalue weighted by molar-refractivity contribution is 0.161. The van der Waals surface area contributed by atoms with E-state index in [-0.39, 0.29) is 5.41 Å². The van der Waals surface area contributed by atoms with E-state index >= 15 is 0 Å². The van der Waals surface area contributed by atoms with Crippen LogP contribution in [0.4, 0.5) is 0 Å². The summed E-state index contributed by atoms with van der Waals surface area (Å²) in [7, 11) is 0. The normalized spacial score (nSPS) is 26.4. The second-order valence-corrected chi connectivity index (χ2v) is 7.35. The summed E-state index contributed by atoms with van der Waals surface area (Å²) in [5.41, 5.74) is 3.24. The van der Waals surface area contributed by atoms with Crippen LogP contribution in [-0.2, 0) is 5.41 Å². The van der Waals surface area contributed by atoms with Crippen LogP contribution in [0, 0.1) is 5.92 Å². The number of hydrogen-bond donors (Lipinski definition) is 1. The first-order valence-electron chi connectivity index (χ1n) is 8.31. The Morgan fingerprint density at radius 2 is 1.75 bits per heavy atom. The zero-order valence-electron chi connectivity index (χ0n) is 13.9. The number of nitrogens with one attached hydrogen (secondary N) is 1. The smallest absolute Gasteiger partial charge is 0.0107 e. The van der Waals surface area contributed by atoms with E-state index in [9.17, 15) is 0 Å². The Morgan fingerprint density at radius 1 is 1.10 bits per heavy atom. The molecule has 3 atom stereocenters. The second-order valence-electron chi connectivity index (χ2n) is 7.35. The highest BCUT2D eigenvalue weighted by atomic mass is 14.9. The van der Waals surface area contributed by atoms with E-state index in [4.69, 9.17) is 0 Å². The molecule has 0 aliphatic heterocycles. The molecular weight excluding hydrogens is 242 g/mol. The molecule has 0 amide bonds. The fraction of sp³-hybridized carbons (Fsp3) is 0.684. The summed E-state index contributed by atoms with van der Waals surface area (Å²) in [6, 6.07) is 10.1. The second kappa shape index (κ2) is 6.30. The largest absolute Gasteiger partial charge is 0.314 e. The molecule has 0 heterocycles. The van der Waals surface area contributed by atoms with Crippen LogP contribution in [-0.4, -0.2) is 12.6 Å². The van der Waals surface area contributed by atoms with E-state index < -0.39 is 0 Å². The van der Waals surface area contributed by atoms with Crippen molar-refractivity contribution in [2.24, 2.45) is 5.92 Å². The Kier molecular flexibility index (Phi) is 4.90. The average molecular weight is 273 g/mol. The van der Waals surface area contributed by atoms with Gasteiger partial charge in [-0.3, -0.25) is 0 Å². The molecule has 3 unspecified atom stereocenters. The maximum atomic E-state index is 3.71. The van der Waals surface area contributed by atoms with Crippen molar-refractivity contribution in [1.82, 2.24) is 5.32 Å². The van der Waals surface area contributed by atoms with Crippen LogP contribution in [0.5, 0.6) is 0 Å². The number of rotatable bonds is 5. The Bertz CT molecular complexity index is 412. The van der Waals surface area contributed by atoms with Gasteiger partial charge in [0.2, 0.25) is 0 Å². The maximum absolute atomic E-state index is 3.71. The van der Waals surface area contributed by atoms with Gasteiger partial charge in [-0.25, -0.2) is 0 Å². The fourth-order valence-corrected chi connectivity index (χ4v) is 3.45. The molecule has 1 N–H and O–H groups in total. The molecular formula is C19H31N. The first-order chi connectivity index (χ1) is 9.47. The molecule has 1 aliphatic rings. The third-order valence-corrected chi connectivity index (χ3v) is 4.87. The summed E-state index contributed by atoms with van der Waals surface area (Å²) >= 11 is 0. The van der Waals surface area contributed by atoms with Crippen molar-refractivity contribution in [3.63, 3.8) is 0 Å². The van der Waals surface area contributed by atoms with Crippen LogP contribution < -0.4 is 5.32 Å². The van der Waals surface area contributed by atoms with Crippen molar-refractivity contribution in [2.45, 2.75) is 71.3 Å². The molecule has 1 saturated carbocycles. The molecule has 1 fully saturated rings. The van der Waals surface area contributed by atoms with E-state index in [1.807, 2.05) is 0 Å². The third-order valence-electron chi connectivity index (χ3n) is 4.87. The lowest BCUT2D eigenvalue weighted by Crippen LogP contribution is -2.49. The molecule has 0 spiro atoms. The minimum Gasteiger partial charge on any atom is -0.314 e. The van der Waals surface area contributed by atoms with Crippen molar-refractivity contribution < 1.29 is 0 Å².